The lowest BCUT2D eigenvalue weighted by Crippen LogP contribution is -2.44. The van der Waals surface area contributed by atoms with Gasteiger partial charge in [0.15, 0.2) is 11.6 Å². The highest BCUT2D eigenvalue weighted by Crippen LogP contribution is 2.25. The minimum Gasteiger partial charge on any atom is -0.465 e. The van der Waals surface area contributed by atoms with Gasteiger partial charge in [-0.3, -0.25) is 9.78 Å². The predicted octanol–water partition coefficient (Wildman–Crippen LogP) is 3.27. The third kappa shape index (κ3) is 6.18. The summed E-state index contributed by atoms with van der Waals surface area (Å²) in [7, 11) is 0. The van der Waals surface area contributed by atoms with Gasteiger partial charge in [0.2, 0.25) is 0 Å². The van der Waals surface area contributed by atoms with E-state index >= 15 is 0 Å². The van der Waals surface area contributed by atoms with Gasteiger partial charge in [-0.2, -0.15) is 5.10 Å². The summed E-state index contributed by atoms with van der Waals surface area (Å²) in [6.07, 6.45) is 7.56. The highest BCUT2D eigenvalue weighted by molar-refractivity contribution is 5.98. The molecule has 3 aromatic heterocycles. The molecule has 0 aromatic carbocycles. The van der Waals surface area contributed by atoms with Crippen LogP contribution in [0.3, 0.4) is 0 Å². The van der Waals surface area contributed by atoms with Crippen molar-refractivity contribution in [1.82, 2.24) is 25.1 Å². The van der Waals surface area contributed by atoms with Crippen molar-refractivity contribution in [2.45, 2.75) is 45.2 Å². The molecule has 0 radical (unpaired) electrons. The van der Waals surface area contributed by atoms with Crippen molar-refractivity contribution in [3.05, 3.63) is 54.4 Å². The topological polar surface area (TPSA) is 160 Å². The number of aromatic nitrogens is 4. The minimum atomic E-state index is -1.18. The molecule has 6 N–H and O–H groups in total. The number of nitrogens with one attached hydrogen (secondary N) is 3. The molecule has 2 atom stereocenters. The van der Waals surface area contributed by atoms with E-state index in [9.17, 15) is 14.0 Å². The summed E-state index contributed by atoms with van der Waals surface area (Å²) in [4.78, 5) is 31.5. The van der Waals surface area contributed by atoms with Gasteiger partial charge in [-0.25, -0.2) is 18.9 Å². The first-order valence-electron chi connectivity index (χ1n) is 10.8. The number of nitrogens with two attached hydrogens (primary N) is 1. The van der Waals surface area contributed by atoms with E-state index in [2.05, 4.69) is 31.0 Å². The zero-order valence-corrected chi connectivity index (χ0v) is 18.8. The summed E-state index contributed by atoms with van der Waals surface area (Å²) < 4.78 is 16.5. The van der Waals surface area contributed by atoms with Gasteiger partial charge in [0, 0.05) is 24.5 Å². The molecule has 0 bridgehead atoms. The van der Waals surface area contributed by atoms with E-state index < -0.39 is 29.9 Å². The molecule has 0 saturated carbocycles. The van der Waals surface area contributed by atoms with Crippen LogP contribution in [0.25, 0.3) is 5.69 Å². The summed E-state index contributed by atoms with van der Waals surface area (Å²) in [6, 6.07) is 3.53. The zero-order valence-electron chi connectivity index (χ0n) is 18.8. The Kier molecular flexibility index (Phi) is 7.96. The summed E-state index contributed by atoms with van der Waals surface area (Å²) in [6.45, 7) is 3.68. The third-order valence-electron chi connectivity index (χ3n) is 5.14. The summed E-state index contributed by atoms with van der Waals surface area (Å²) in [5.41, 5.74) is 6.44. The number of carbonyl (C=O) groups excluding carboxylic acids is 1. The lowest BCUT2D eigenvalue weighted by molar-refractivity contribution is 0.100. The van der Waals surface area contributed by atoms with Gasteiger partial charge in [-0.05, 0) is 31.5 Å². The van der Waals surface area contributed by atoms with Gasteiger partial charge in [-0.15, -0.1) is 0 Å². The number of carbonyl (C=O) groups is 2. The average Bonchev–Trinajstić information content (AvgIpc) is 3.33. The van der Waals surface area contributed by atoms with Gasteiger partial charge in [0.25, 0.3) is 5.91 Å². The Hall–Kier alpha value is -4.22. The number of carboxylic acid groups (broad SMARTS) is 1. The number of hydrogen-bond donors (Lipinski definition) is 5. The van der Waals surface area contributed by atoms with Crippen LogP contribution < -0.4 is 21.7 Å². The second-order valence-corrected chi connectivity index (χ2v) is 7.72. The van der Waals surface area contributed by atoms with Crippen molar-refractivity contribution in [3.8, 4) is 5.69 Å². The number of anilines is 3. The fourth-order valence-electron chi connectivity index (χ4n) is 3.40. The number of halogens is 1. The lowest BCUT2D eigenvalue weighted by Gasteiger charge is -2.26. The molecule has 12 heteroatoms. The van der Waals surface area contributed by atoms with Crippen LogP contribution in [0.5, 0.6) is 0 Å². The summed E-state index contributed by atoms with van der Waals surface area (Å²) in [5.74, 6) is -1.75. The first-order valence-corrected chi connectivity index (χ1v) is 10.8. The van der Waals surface area contributed by atoms with Gasteiger partial charge in [0.05, 0.1) is 29.3 Å². The van der Waals surface area contributed by atoms with Crippen molar-refractivity contribution >= 4 is 29.3 Å². The van der Waals surface area contributed by atoms with Crippen LogP contribution in [0, 0.1) is 5.82 Å². The fraction of sp³-hybridized carbons (Fsp3) is 0.318. The van der Waals surface area contributed by atoms with Crippen LogP contribution in [-0.2, 0) is 0 Å². The Morgan fingerprint density at radius 2 is 2.06 bits per heavy atom. The van der Waals surface area contributed by atoms with Gasteiger partial charge in [0.1, 0.15) is 5.82 Å². The minimum absolute atomic E-state index is 0.0314. The van der Waals surface area contributed by atoms with Gasteiger partial charge >= 0.3 is 6.09 Å². The Labute approximate surface area is 195 Å². The van der Waals surface area contributed by atoms with Crippen molar-refractivity contribution < 1.29 is 19.1 Å². The van der Waals surface area contributed by atoms with E-state index in [-0.39, 0.29) is 17.2 Å². The number of rotatable bonds is 11. The number of nitrogens with zero attached hydrogens (tertiary/aromatic N) is 4. The van der Waals surface area contributed by atoms with Crippen LogP contribution in [0.4, 0.5) is 26.5 Å². The van der Waals surface area contributed by atoms with E-state index in [0.29, 0.717) is 17.8 Å². The molecule has 11 nitrogen and oxygen atoms in total. The Morgan fingerprint density at radius 3 is 2.71 bits per heavy atom. The van der Waals surface area contributed by atoms with Crippen molar-refractivity contribution in [2.24, 2.45) is 5.73 Å². The van der Waals surface area contributed by atoms with Gasteiger partial charge < -0.3 is 26.8 Å². The maximum atomic E-state index is 14.9. The molecule has 0 aliphatic rings. The molecule has 34 heavy (non-hydrogen) atoms. The normalized spacial score (nSPS) is 12.6. The third-order valence-corrected chi connectivity index (χ3v) is 5.14. The molecule has 0 saturated heterocycles. The number of unbranched alkanes of at least 4 members (excludes halogenated alkanes) is 1. The Bertz CT molecular complexity index is 1140. The molecule has 0 aliphatic heterocycles. The maximum Gasteiger partial charge on any atom is 0.404 e. The second-order valence-electron chi connectivity index (χ2n) is 7.72. The van der Waals surface area contributed by atoms with E-state index in [4.69, 9.17) is 10.8 Å². The lowest BCUT2D eigenvalue weighted by atomic mass is 10.0. The molecule has 3 aromatic rings. The quantitative estimate of drug-likeness (QED) is 0.285. The van der Waals surface area contributed by atoms with Crippen LogP contribution in [0.2, 0.25) is 0 Å². The van der Waals surface area contributed by atoms with Gasteiger partial charge in [-0.1, -0.05) is 19.8 Å². The molecule has 0 aliphatic carbocycles. The Morgan fingerprint density at radius 1 is 1.26 bits per heavy atom. The standard InChI is InChI=1S/C22H27FN8O3/c1-3-4-6-18(13(2)27-22(33)34)29-21-17(23)10-16(19(24)32)20(30-21)28-14-9-15(12-25-11-14)31-8-5-7-26-31/h5,7-13,18,27H,3-4,6H2,1-2H3,(H2,24,32)(H,33,34)(H2,28,29,30)/t13-,18+/m0/s1. The Balaban J connectivity index is 1.92. The fourth-order valence-corrected chi connectivity index (χ4v) is 3.40. The number of primary amides is 1. The smallest absolute Gasteiger partial charge is 0.404 e. The molecular formula is C22H27FN8O3. The summed E-state index contributed by atoms with van der Waals surface area (Å²) in [5, 5.41) is 21.6. The van der Waals surface area contributed by atoms with E-state index in [1.54, 1.807) is 42.3 Å². The van der Waals surface area contributed by atoms with Crippen LogP contribution in [-0.4, -0.2) is 48.9 Å². The van der Waals surface area contributed by atoms with Crippen LogP contribution >= 0.6 is 0 Å². The van der Waals surface area contributed by atoms with Crippen molar-refractivity contribution in [1.29, 1.82) is 0 Å². The summed E-state index contributed by atoms with van der Waals surface area (Å²) >= 11 is 0. The van der Waals surface area contributed by atoms with Crippen molar-refractivity contribution in [3.63, 3.8) is 0 Å². The van der Waals surface area contributed by atoms with E-state index in [0.717, 1.165) is 18.9 Å². The number of hydrogen-bond acceptors (Lipinski definition) is 7. The van der Waals surface area contributed by atoms with Crippen molar-refractivity contribution in [2.75, 3.05) is 10.6 Å². The molecule has 0 fully saturated rings. The highest BCUT2D eigenvalue weighted by Gasteiger charge is 2.23. The molecule has 180 valence electrons. The molecule has 2 amide bonds. The van der Waals surface area contributed by atoms with E-state index in [1.165, 1.54) is 6.20 Å². The SMILES string of the molecule is CCCC[C@@H](Nc1nc(Nc2cncc(-n3cccn3)c2)c(C(N)=O)cc1F)[C@H](C)NC(=O)O. The first kappa shape index (κ1) is 24.4. The zero-order chi connectivity index (χ0) is 24.7. The highest BCUT2D eigenvalue weighted by atomic mass is 19.1. The molecule has 0 spiro atoms. The largest absolute Gasteiger partial charge is 0.465 e. The average molecular weight is 471 g/mol. The second kappa shape index (κ2) is 11.1. The molecule has 3 heterocycles. The van der Waals surface area contributed by atoms with E-state index in [1.807, 2.05) is 6.92 Å². The molecule has 0 unspecified atom stereocenters. The molecular weight excluding hydrogens is 443 g/mol. The first-order chi connectivity index (χ1) is 16.3. The number of amides is 2. The predicted molar refractivity (Wildman–Crippen MR) is 125 cm³/mol. The monoisotopic (exact) mass is 470 g/mol. The number of pyridine rings is 2. The molecule has 3 rings (SSSR count). The van der Waals surface area contributed by atoms with Crippen LogP contribution in [0.1, 0.15) is 43.5 Å². The van der Waals surface area contributed by atoms with Crippen LogP contribution in [0.15, 0.2) is 43.0 Å². The maximum absolute atomic E-state index is 14.9.